The van der Waals surface area contributed by atoms with Gasteiger partial charge < -0.3 is 9.63 Å². The zero-order valence-electron chi connectivity index (χ0n) is 9.64. The molecule has 2 aromatic rings. The molecule has 2 heterocycles. The third-order valence-corrected chi connectivity index (χ3v) is 2.59. The molecule has 0 aromatic carbocycles. The van der Waals surface area contributed by atoms with E-state index in [-0.39, 0.29) is 0 Å². The molecule has 0 fully saturated rings. The number of aliphatic hydroxyl groups is 1. The van der Waals surface area contributed by atoms with Crippen LogP contribution in [-0.2, 0) is 6.54 Å². The summed E-state index contributed by atoms with van der Waals surface area (Å²) in [6, 6.07) is 1.81. The van der Waals surface area contributed by atoms with Crippen LogP contribution in [0.1, 0.15) is 35.7 Å². The molecule has 16 heavy (non-hydrogen) atoms. The molecule has 0 spiro atoms. The predicted octanol–water partition coefficient (Wildman–Crippen LogP) is 1.59. The summed E-state index contributed by atoms with van der Waals surface area (Å²) >= 11 is 0. The first-order chi connectivity index (χ1) is 7.58. The quantitative estimate of drug-likeness (QED) is 0.854. The van der Waals surface area contributed by atoms with Crippen molar-refractivity contribution in [3.63, 3.8) is 0 Å². The summed E-state index contributed by atoms with van der Waals surface area (Å²) in [5.41, 5.74) is 2.60. The molecule has 2 aromatic heterocycles. The van der Waals surface area contributed by atoms with Gasteiger partial charge >= 0.3 is 0 Å². The van der Waals surface area contributed by atoms with Gasteiger partial charge in [0.2, 0.25) is 0 Å². The molecule has 5 nitrogen and oxygen atoms in total. The Hall–Kier alpha value is -1.62. The molecular formula is C11H15N3O2. The van der Waals surface area contributed by atoms with Crippen LogP contribution in [0.4, 0.5) is 0 Å². The van der Waals surface area contributed by atoms with E-state index in [0.717, 1.165) is 17.0 Å². The first-order valence-corrected chi connectivity index (χ1v) is 5.21. The zero-order valence-corrected chi connectivity index (χ0v) is 9.64. The molecule has 86 valence electrons. The number of hydrogen-bond donors (Lipinski definition) is 1. The molecule has 0 aliphatic rings. The number of aliphatic hydroxyl groups excluding tert-OH is 1. The van der Waals surface area contributed by atoms with Gasteiger partial charge in [0.1, 0.15) is 5.76 Å². The number of nitrogens with zero attached hydrogens (tertiary/aromatic N) is 3. The van der Waals surface area contributed by atoms with E-state index in [1.165, 1.54) is 0 Å². The smallest absolute Gasteiger partial charge is 0.138 e. The van der Waals surface area contributed by atoms with Gasteiger partial charge in [-0.25, -0.2) is 0 Å². The minimum Gasteiger partial charge on any atom is -0.387 e. The average Bonchev–Trinajstić information content (AvgIpc) is 2.80. The zero-order chi connectivity index (χ0) is 11.7. The van der Waals surface area contributed by atoms with Crippen LogP contribution in [0.25, 0.3) is 0 Å². The third kappa shape index (κ3) is 1.99. The summed E-state index contributed by atoms with van der Waals surface area (Å²) in [6.07, 6.45) is 1.31. The van der Waals surface area contributed by atoms with E-state index in [4.69, 9.17) is 4.52 Å². The maximum atomic E-state index is 9.37. The van der Waals surface area contributed by atoms with E-state index in [0.29, 0.717) is 12.2 Å². The van der Waals surface area contributed by atoms with Crippen LogP contribution in [0, 0.1) is 13.8 Å². The van der Waals surface area contributed by atoms with Crippen molar-refractivity contribution in [3.8, 4) is 0 Å². The second-order valence-corrected chi connectivity index (χ2v) is 3.92. The molecule has 0 radical (unpaired) electrons. The fourth-order valence-electron chi connectivity index (χ4n) is 1.58. The number of hydrogen-bond acceptors (Lipinski definition) is 4. The van der Waals surface area contributed by atoms with Crippen LogP contribution < -0.4 is 0 Å². The Kier molecular flexibility index (Phi) is 2.78. The van der Waals surface area contributed by atoms with E-state index in [1.54, 1.807) is 11.6 Å². The lowest BCUT2D eigenvalue weighted by Crippen LogP contribution is -2.03. The summed E-state index contributed by atoms with van der Waals surface area (Å²) in [4.78, 5) is 0. The van der Waals surface area contributed by atoms with Gasteiger partial charge in [0.15, 0.2) is 0 Å². The van der Waals surface area contributed by atoms with Gasteiger partial charge in [-0.1, -0.05) is 5.16 Å². The van der Waals surface area contributed by atoms with Crippen molar-refractivity contribution in [2.45, 2.75) is 33.4 Å². The monoisotopic (exact) mass is 221 g/mol. The molecule has 1 unspecified atom stereocenters. The normalized spacial score (nSPS) is 13.0. The van der Waals surface area contributed by atoms with E-state index >= 15 is 0 Å². The average molecular weight is 221 g/mol. The Balaban J connectivity index is 2.21. The van der Waals surface area contributed by atoms with Crippen LogP contribution in [0.3, 0.4) is 0 Å². The molecular weight excluding hydrogens is 206 g/mol. The van der Waals surface area contributed by atoms with Gasteiger partial charge in [0.25, 0.3) is 0 Å². The topological polar surface area (TPSA) is 64.1 Å². The lowest BCUT2D eigenvalue weighted by atomic mass is 10.2. The molecule has 5 heteroatoms. The Labute approximate surface area is 93.7 Å². The fraction of sp³-hybridized carbons (Fsp3) is 0.455. The molecule has 0 aliphatic heterocycles. The van der Waals surface area contributed by atoms with E-state index in [1.807, 2.05) is 26.1 Å². The highest BCUT2D eigenvalue weighted by atomic mass is 16.5. The molecule has 0 aliphatic carbocycles. The molecule has 0 bridgehead atoms. The lowest BCUT2D eigenvalue weighted by molar-refractivity contribution is 0.193. The van der Waals surface area contributed by atoms with Gasteiger partial charge in [-0.2, -0.15) is 5.10 Å². The van der Waals surface area contributed by atoms with Crippen molar-refractivity contribution in [3.05, 3.63) is 35.0 Å². The highest BCUT2D eigenvalue weighted by Crippen LogP contribution is 2.15. The summed E-state index contributed by atoms with van der Waals surface area (Å²) in [6.45, 7) is 6.11. The molecule has 1 N–H and O–H groups in total. The fourth-order valence-corrected chi connectivity index (χ4v) is 1.58. The Morgan fingerprint density at radius 3 is 2.75 bits per heavy atom. The van der Waals surface area contributed by atoms with Crippen LogP contribution >= 0.6 is 0 Å². The van der Waals surface area contributed by atoms with E-state index in [2.05, 4.69) is 10.3 Å². The number of rotatable bonds is 3. The Morgan fingerprint density at radius 1 is 1.50 bits per heavy atom. The van der Waals surface area contributed by atoms with Gasteiger partial charge in [-0.05, 0) is 26.8 Å². The maximum Gasteiger partial charge on any atom is 0.138 e. The third-order valence-electron chi connectivity index (χ3n) is 2.59. The highest BCUT2D eigenvalue weighted by Gasteiger charge is 2.11. The van der Waals surface area contributed by atoms with Crippen molar-refractivity contribution in [1.29, 1.82) is 0 Å². The summed E-state index contributed by atoms with van der Waals surface area (Å²) in [7, 11) is 0. The first kappa shape index (κ1) is 10.9. The molecule has 0 saturated heterocycles. The molecule has 0 amide bonds. The minimum atomic E-state index is -0.536. The lowest BCUT2D eigenvalue weighted by Gasteiger charge is -2.01. The van der Waals surface area contributed by atoms with Crippen molar-refractivity contribution in [2.75, 3.05) is 0 Å². The maximum absolute atomic E-state index is 9.37. The van der Waals surface area contributed by atoms with Crippen LogP contribution in [0.2, 0.25) is 0 Å². The molecule has 2 rings (SSSR count). The van der Waals surface area contributed by atoms with Gasteiger partial charge in [0.05, 0.1) is 24.0 Å². The van der Waals surface area contributed by atoms with Gasteiger partial charge in [0, 0.05) is 11.8 Å². The number of aryl methyl sites for hydroxylation is 2. The second kappa shape index (κ2) is 4.09. The van der Waals surface area contributed by atoms with Crippen LogP contribution in [-0.4, -0.2) is 20.0 Å². The van der Waals surface area contributed by atoms with Gasteiger partial charge in [-0.3, -0.25) is 4.68 Å². The van der Waals surface area contributed by atoms with Crippen LogP contribution in [0.5, 0.6) is 0 Å². The largest absolute Gasteiger partial charge is 0.387 e. The van der Waals surface area contributed by atoms with E-state index in [9.17, 15) is 5.11 Å². The Morgan fingerprint density at radius 2 is 2.25 bits per heavy atom. The van der Waals surface area contributed by atoms with Crippen LogP contribution in [0.15, 0.2) is 16.8 Å². The first-order valence-electron chi connectivity index (χ1n) is 5.21. The molecule has 0 saturated carbocycles. The summed E-state index contributed by atoms with van der Waals surface area (Å²) < 4.78 is 6.85. The van der Waals surface area contributed by atoms with Crippen molar-refractivity contribution < 1.29 is 9.63 Å². The minimum absolute atomic E-state index is 0.536. The second-order valence-electron chi connectivity index (χ2n) is 3.92. The highest BCUT2D eigenvalue weighted by molar-refractivity contribution is 5.21. The van der Waals surface area contributed by atoms with Crippen molar-refractivity contribution >= 4 is 0 Å². The number of aromatic nitrogens is 3. The summed E-state index contributed by atoms with van der Waals surface area (Å²) in [5.74, 6) is 0.812. The van der Waals surface area contributed by atoms with Crippen molar-refractivity contribution in [2.24, 2.45) is 0 Å². The standard InChI is InChI=1S/C11H15N3O2/c1-7-10(9(3)16-13-7)6-14-5-4-11(12-14)8(2)15/h4-5,8,15H,6H2,1-3H3. The van der Waals surface area contributed by atoms with Crippen molar-refractivity contribution in [1.82, 2.24) is 14.9 Å². The SMILES string of the molecule is Cc1noc(C)c1Cn1ccc(C(C)O)n1. The van der Waals surface area contributed by atoms with Gasteiger partial charge in [-0.15, -0.1) is 0 Å². The predicted molar refractivity (Wildman–Crippen MR) is 57.9 cm³/mol. The molecule has 1 atom stereocenters. The van der Waals surface area contributed by atoms with E-state index < -0.39 is 6.10 Å². The summed E-state index contributed by atoms with van der Waals surface area (Å²) in [5, 5.41) is 17.5. The Bertz CT molecular complexity index is 466.